The van der Waals surface area contributed by atoms with Crippen LogP contribution in [0.5, 0.6) is 0 Å². The van der Waals surface area contributed by atoms with Crippen molar-refractivity contribution < 1.29 is 4.52 Å². The SMILES string of the molecule is CN(C)c1noc(C2(C)CCCN2)n1. The molecule has 0 spiro atoms. The van der Waals surface area contributed by atoms with Crippen molar-refractivity contribution in [2.24, 2.45) is 0 Å². The third-order valence-electron chi connectivity index (χ3n) is 2.66. The first-order valence-electron chi connectivity index (χ1n) is 4.88. The van der Waals surface area contributed by atoms with Crippen molar-refractivity contribution in [1.29, 1.82) is 0 Å². The molecule has 1 atom stereocenters. The summed E-state index contributed by atoms with van der Waals surface area (Å²) < 4.78 is 5.25. The van der Waals surface area contributed by atoms with Gasteiger partial charge in [-0.2, -0.15) is 4.98 Å². The lowest BCUT2D eigenvalue weighted by molar-refractivity contribution is 0.275. The van der Waals surface area contributed by atoms with Crippen molar-refractivity contribution in [1.82, 2.24) is 15.5 Å². The van der Waals surface area contributed by atoms with E-state index in [1.54, 1.807) is 0 Å². The Morgan fingerprint density at radius 2 is 2.29 bits per heavy atom. The summed E-state index contributed by atoms with van der Waals surface area (Å²) in [6, 6.07) is 0. The summed E-state index contributed by atoms with van der Waals surface area (Å²) in [5.41, 5.74) is -0.124. The molecular formula is C9H16N4O. The minimum absolute atomic E-state index is 0.124. The zero-order chi connectivity index (χ0) is 10.2. The van der Waals surface area contributed by atoms with E-state index in [9.17, 15) is 0 Å². The molecule has 1 aliphatic heterocycles. The number of hydrogen-bond acceptors (Lipinski definition) is 5. The van der Waals surface area contributed by atoms with E-state index < -0.39 is 0 Å². The van der Waals surface area contributed by atoms with Crippen molar-refractivity contribution in [2.45, 2.75) is 25.3 Å². The van der Waals surface area contributed by atoms with Crippen LogP contribution in [0.3, 0.4) is 0 Å². The van der Waals surface area contributed by atoms with Crippen LogP contribution >= 0.6 is 0 Å². The largest absolute Gasteiger partial charge is 0.344 e. The second-order valence-electron chi connectivity index (χ2n) is 4.16. The molecule has 0 aliphatic carbocycles. The lowest BCUT2D eigenvalue weighted by Gasteiger charge is -2.18. The Balaban J connectivity index is 2.23. The number of nitrogens with one attached hydrogen (secondary N) is 1. The fourth-order valence-corrected chi connectivity index (χ4v) is 1.70. The van der Waals surface area contributed by atoms with Gasteiger partial charge in [0, 0.05) is 14.1 Å². The van der Waals surface area contributed by atoms with Crippen molar-refractivity contribution in [2.75, 3.05) is 25.5 Å². The van der Waals surface area contributed by atoms with Crippen LogP contribution in [-0.2, 0) is 5.54 Å². The smallest absolute Gasteiger partial charge is 0.265 e. The molecule has 0 amide bonds. The molecule has 78 valence electrons. The number of rotatable bonds is 2. The fraction of sp³-hybridized carbons (Fsp3) is 0.778. The Bertz CT molecular complexity index is 314. The van der Waals surface area contributed by atoms with Crippen LogP contribution in [0.25, 0.3) is 0 Å². The Kier molecular flexibility index (Phi) is 2.19. The maximum absolute atomic E-state index is 5.25. The van der Waals surface area contributed by atoms with Crippen LogP contribution < -0.4 is 10.2 Å². The molecule has 2 heterocycles. The van der Waals surface area contributed by atoms with E-state index in [1.807, 2.05) is 19.0 Å². The van der Waals surface area contributed by atoms with Crippen molar-refractivity contribution >= 4 is 5.95 Å². The minimum Gasteiger partial charge on any atom is -0.344 e. The second kappa shape index (κ2) is 3.24. The van der Waals surface area contributed by atoms with Gasteiger partial charge in [-0.25, -0.2) is 0 Å². The summed E-state index contributed by atoms with van der Waals surface area (Å²) in [5, 5.41) is 7.29. The van der Waals surface area contributed by atoms with Gasteiger partial charge in [0.05, 0.1) is 5.54 Å². The molecule has 0 saturated carbocycles. The van der Waals surface area contributed by atoms with E-state index in [1.165, 1.54) is 0 Å². The van der Waals surface area contributed by atoms with Crippen LogP contribution in [0.1, 0.15) is 25.7 Å². The number of nitrogens with zero attached hydrogens (tertiary/aromatic N) is 3. The summed E-state index contributed by atoms with van der Waals surface area (Å²) in [7, 11) is 3.80. The van der Waals surface area contributed by atoms with E-state index in [-0.39, 0.29) is 5.54 Å². The number of aromatic nitrogens is 2. The summed E-state index contributed by atoms with van der Waals surface area (Å²) in [6.45, 7) is 3.13. The number of hydrogen-bond donors (Lipinski definition) is 1. The number of anilines is 1. The standard InChI is InChI=1S/C9H16N4O/c1-9(5-4-6-10-9)7-11-8(12-14-7)13(2)3/h10H,4-6H2,1-3H3. The molecule has 0 aromatic carbocycles. The molecule has 0 bridgehead atoms. The highest BCUT2D eigenvalue weighted by atomic mass is 16.5. The second-order valence-corrected chi connectivity index (χ2v) is 4.16. The van der Waals surface area contributed by atoms with Crippen LogP contribution in [0.2, 0.25) is 0 Å². The highest BCUT2D eigenvalue weighted by Crippen LogP contribution is 2.29. The van der Waals surface area contributed by atoms with Crippen LogP contribution in [-0.4, -0.2) is 30.8 Å². The van der Waals surface area contributed by atoms with Crippen molar-refractivity contribution in [3.8, 4) is 0 Å². The van der Waals surface area contributed by atoms with Gasteiger partial charge in [0.25, 0.3) is 5.95 Å². The molecule has 14 heavy (non-hydrogen) atoms. The van der Waals surface area contributed by atoms with Gasteiger partial charge in [0.15, 0.2) is 0 Å². The van der Waals surface area contributed by atoms with Gasteiger partial charge in [-0.15, -0.1) is 0 Å². The Labute approximate surface area is 83.5 Å². The van der Waals surface area contributed by atoms with Gasteiger partial charge in [-0.05, 0) is 31.5 Å². The van der Waals surface area contributed by atoms with Gasteiger partial charge in [-0.1, -0.05) is 0 Å². The molecule has 1 aromatic rings. The van der Waals surface area contributed by atoms with E-state index >= 15 is 0 Å². The Morgan fingerprint density at radius 3 is 2.79 bits per heavy atom. The van der Waals surface area contributed by atoms with Crippen LogP contribution in [0.15, 0.2) is 4.52 Å². The van der Waals surface area contributed by atoms with E-state index in [0.717, 1.165) is 19.4 Å². The van der Waals surface area contributed by atoms with Gasteiger partial charge >= 0.3 is 0 Å². The molecule has 5 heteroatoms. The minimum atomic E-state index is -0.124. The van der Waals surface area contributed by atoms with Gasteiger partial charge < -0.3 is 14.7 Å². The Morgan fingerprint density at radius 1 is 1.50 bits per heavy atom. The summed E-state index contributed by atoms with van der Waals surface area (Å²) in [4.78, 5) is 6.19. The monoisotopic (exact) mass is 196 g/mol. The van der Waals surface area contributed by atoms with Crippen LogP contribution in [0.4, 0.5) is 5.95 Å². The first kappa shape index (κ1) is 9.45. The highest BCUT2D eigenvalue weighted by Gasteiger charge is 2.35. The summed E-state index contributed by atoms with van der Waals surface area (Å²) >= 11 is 0. The average molecular weight is 196 g/mol. The van der Waals surface area contributed by atoms with Crippen LogP contribution in [0, 0.1) is 0 Å². The topological polar surface area (TPSA) is 54.2 Å². The summed E-state index contributed by atoms with van der Waals surface area (Å²) in [6.07, 6.45) is 2.22. The zero-order valence-corrected chi connectivity index (χ0v) is 8.87. The molecule has 1 fully saturated rings. The lowest BCUT2D eigenvalue weighted by atomic mass is 10.0. The average Bonchev–Trinajstić information content (AvgIpc) is 2.71. The lowest BCUT2D eigenvalue weighted by Crippen LogP contribution is -2.33. The normalized spacial score (nSPS) is 26.8. The maximum Gasteiger partial charge on any atom is 0.265 e. The first-order chi connectivity index (χ1) is 6.62. The molecule has 1 unspecified atom stereocenters. The van der Waals surface area contributed by atoms with E-state index in [0.29, 0.717) is 11.8 Å². The molecule has 1 aliphatic rings. The van der Waals surface area contributed by atoms with Crippen molar-refractivity contribution in [3.63, 3.8) is 0 Å². The molecule has 1 aromatic heterocycles. The fourth-order valence-electron chi connectivity index (χ4n) is 1.70. The molecule has 5 nitrogen and oxygen atoms in total. The highest BCUT2D eigenvalue weighted by molar-refractivity contribution is 5.25. The molecule has 1 N–H and O–H groups in total. The predicted octanol–water partition coefficient (Wildman–Crippen LogP) is 0.734. The molecule has 0 radical (unpaired) electrons. The third kappa shape index (κ3) is 1.48. The quantitative estimate of drug-likeness (QED) is 0.756. The predicted molar refractivity (Wildman–Crippen MR) is 53.2 cm³/mol. The zero-order valence-electron chi connectivity index (χ0n) is 8.87. The maximum atomic E-state index is 5.25. The van der Waals surface area contributed by atoms with Crippen molar-refractivity contribution in [3.05, 3.63) is 5.89 Å². The third-order valence-corrected chi connectivity index (χ3v) is 2.66. The summed E-state index contributed by atoms with van der Waals surface area (Å²) in [5.74, 6) is 1.33. The van der Waals surface area contributed by atoms with E-state index in [4.69, 9.17) is 4.52 Å². The van der Waals surface area contributed by atoms with E-state index in [2.05, 4.69) is 22.4 Å². The Hall–Kier alpha value is -1.10. The molecular weight excluding hydrogens is 180 g/mol. The molecule has 1 saturated heterocycles. The first-order valence-corrected chi connectivity index (χ1v) is 4.88. The van der Waals surface area contributed by atoms with Gasteiger partial charge in [0.2, 0.25) is 5.89 Å². The van der Waals surface area contributed by atoms with Gasteiger partial charge in [0.1, 0.15) is 0 Å². The van der Waals surface area contributed by atoms with Gasteiger partial charge in [-0.3, -0.25) is 0 Å². The molecule has 2 rings (SSSR count).